The van der Waals surface area contributed by atoms with Crippen molar-refractivity contribution < 1.29 is 9.90 Å². The summed E-state index contributed by atoms with van der Waals surface area (Å²) in [7, 11) is 0. The van der Waals surface area contributed by atoms with Crippen LogP contribution in [0.5, 0.6) is 0 Å². The highest BCUT2D eigenvalue weighted by molar-refractivity contribution is 5.89. The number of carbonyl (C=O) groups excluding carboxylic acids is 1. The van der Waals surface area contributed by atoms with E-state index < -0.39 is 5.60 Å². The van der Waals surface area contributed by atoms with Gasteiger partial charge in [0, 0.05) is 11.3 Å². The number of hydrogen-bond donors (Lipinski definition) is 1. The Bertz CT molecular complexity index is 482. The number of fused-ring (bicyclic) bond motifs is 5. The van der Waals surface area contributed by atoms with Crippen LogP contribution in [-0.4, -0.2) is 16.5 Å². The van der Waals surface area contributed by atoms with Gasteiger partial charge in [0.05, 0.1) is 5.60 Å². The van der Waals surface area contributed by atoms with Crippen LogP contribution in [-0.2, 0) is 4.79 Å². The normalized spacial score (nSPS) is 57.9. The number of hydrogen-bond acceptors (Lipinski definition) is 2. The fourth-order valence-corrected chi connectivity index (χ4v) is 7.19. The van der Waals surface area contributed by atoms with Crippen molar-refractivity contribution in [3.05, 3.63) is 0 Å². The Hall–Kier alpha value is -0.370. The van der Waals surface area contributed by atoms with Crippen LogP contribution in [0.4, 0.5) is 0 Å². The van der Waals surface area contributed by atoms with E-state index in [2.05, 4.69) is 13.8 Å². The van der Waals surface area contributed by atoms with Crippen LogP contribution in [0, 0.1) is 40.9 Å². The number of ketones is 1. The van der Waals surface area contributed by atoms with Gasteiger partial charge in [-0.15, -0.1) is 0 Å². The van der Waals surface area contributed by atoms with Gasteiger partial charge in [0.2, 0.25) is 0 Å². The maximum Gasteiger partial charge on any atom is 0.141 e. The van der Waals surface area contributed by atoms with Crippen molar-refractivity contribution in [2.24, 2.45) is 40.9 Å². The van der Waals surface area contributed by atoms with Crippen molar-refractivity contribution in [1.82, 2.24) is 0 Å². The maximum absolute atomic E-state index is 12.7. The van der Waals surface area contributed by atoms with Gasteiger partial charge in [-0.1, -0.05) is 13.8 Å². The van der Waals surface area contributed by atoms with Gasteiger partial charge in [0.15, 0.2) is 0 Å². The highest BCUT2D eigenvalue weighted by atomic mass is 16.3. The molecule has 4 saturated carbocycles. The molecule has 4 fully saturated rings. The number of carbonyl (C=O) groups is 1. The molecule has 0 heterocycles. The van der Waals surface area contributed by atoms with E-state index in [1.54, 1.807) is 0 Å². The summed E-state index contributed by atoms with van der Waals surface area (Å²) in [6.45, 7) is 6.46. The zero-order valence-corrected chi connectivity index (χ0v) is 14.5. The molecule has 4 aliphatic carbocycles. The van der Waals surface area contributed by atoms with E-state index in [0.29, 0.717) is 17.6 Å². The SMILES string of the molecule is C[C@@H]1C[C@H]2[C@@H]3CC[C@@H]4C[C@](C)(O)CC[C@@H]4[C@H]3CC[C@]2(C)C1=O. The average Bonchev–Trinajstić information content (AvgIpc) is 2.69. The fourth-order valence-electron chi connectivity index (χ4n) is 7.19. The van der Waals surface area contributed by atoms with Crippen LogP contribution in [0.15, 0.2) is 0 Å². The second kappa shape index (κ2) is 4.82. The van der Waals surface area contributed by atoms with Crippen molar-refractivity contribution in [3.8, 4) is 0 Å². The van der Waals surface area contributed by atoms with Crippen LogP contribution in [0.1, 0.15) is 72.1 Å². The lowest BCUT2D eigenvalue weighted by molar-refractivity contribution is -0.136. The molecule has 2 nitrogen and oxygen atoms in total. The zero-order valence-electron chi connectivity index (χ0n) is 14.5. The van der Waals surface area contributed by atoms with Crippen LogP contribution in [0.2, 0.25) is 0 Å². The number of Topliss-reactive ketones (excluding diaryl/α,β-unsaturated/α-hetero) is 1. The molecule has 0 spiro atoms. The molecule has 0 aliphatic heterocycles. The molecule has 0 amide bonds. The Kier molecular flexibility index (Phi) is 3.32. The maximum atomic E-state index is 12.7. The lowest BCUT2D eigenvalue weighted by atomic mass is 9.50. The van der Waals surface area contributed by atoms with Gasteiger partial charge >= 0.3 is 0 Å². The predicted octanol–water partition coefficient (Wildman–Crippen LogP) is 4.21. The molecule has 4 rings (SSSR count). The molecule has 4 aliphatic rings. The average molecular weight is 304 g/mol. The fraction of sp³-hybridized carbons (Fsp3) is 0.950. The second-order valence-electron chi connectivity index (χ2n) is 9.63. The summed E-state index contributed by atoms with van der Waals surface area (Å²) in [5, 5.41) is 10.4. The summed E-state index contributed by atoms with van der Waals surface area (Å²) in [5.41, 5.74) is -0.428. The predicted molar refractivity (Wildman–Crippen MR) is 87.3 cm³/mol. The molecule has 124 valence electrons. The van der Waals surface area contributed by atoms with E-state index >= 15 is 0 Å². The number of aliphatic hydroxyl groups is 1. The van der Waals surface area contributed by atoms with Crippen molar-refractivity contribution in [3.63, 3.8) is 0 Å². The quantitative estimate of drug-likeness (QED) is 0.728. The second-order valence-corrected chi connectivity index (χ2v) is 9.63. The van der Waals surface area contributed by atoms with Crippen molar-refractivity contribution in [1.29, 1.82) is 0 Å². The molecule has 8 atom stereocenters. The number of rotatable bonds is 0. The van der Waals surface area contributed by atoms with E-state index in [0.717, 1.165) is 49.4 Å². The topological polar surface area (TPSA) is 37.3 Å². The molecule has 0 aromatic rings. The molecular formula is C20H32O2. The lowest BCUT2D eigenvalue weighted by Crippen LogP contribution is -2.50. The molecule has 0 aromatic carbocycles. The molecule has 0 saturated heterocycles. The molecule has 0 radical (unpaired) electrons. The summed E-state index contributed by atoms with van der Waals surface area (Å²) >= 11 is 0. The van der Waals surface area contributed by atoms with Crippen LogP contribution < -0.4 is 0 Å². The molecule has 22 heavy (non-hydrogen) atoms. The first kappa shape index (κ1) is 15.2. The molecule has 2 heteroatoms. The van der Waals surface area contributed by atoms with E-state index in [4.69, 9.17) is 0 Å². The van der Waals surface area contributed by atoms with E-state index in [9.17, 15) is 9.90 Å². The van der Waals surface area contributed by atoms with Gasteiger partial charge in [0.1, 0.15) is 5.78 Å². The standard InChI is InChI=1S/C20H32O2/c1-12-10-17-16-5-4-13-11-19(2,22)8-6-14(13)15(16)7-9-20(17,3)18(12)21/h12-17,22H,4-11H2,1-3H3/t12-,13-,14+,15-,16-,17+,19-,20+/m1/s1. The smallest absolute Gasteiger partial charge is 0.141 e. The Morgan fingerprint density at radius 3 is 2.50 bits per heavy atom. The van der Waals surface area contributed by atoms with Gasteiger partial charge in [0.25, 0.3) is 0 Å². The summed E-state index contributed by atoms with van der Waals surface area (Å²) in [6.07, 6.45) is 9.34. The van der Waals surface area contributed by atoms with E-state index in [-0.39, 0.29) is 5.41 Å². The highest BCUT2D eigenvalue weighted by Gasteiger charge is 2.59. The molecule has 1 N–H and O–H groups in total. The molecular weight excluding hydrogens is 272 g/mol. The third kappa shape index (κ3) is 2.05. The van der Waals surface area contributed by atoms with E-state index in [1.165, 1.54) is 25.7 Å². The van der Waals surface area contributed by atoms with Crippen molar-refractivity contribution in [2.45, 2.75) is 77.7 Å². The van der Waals surface area contributed by atoms with Crippen molar-refractivity contribution in [2.75, 3.05) is 0 Å². The lowest BCUT2D eigenvalue weighted by Gasteiger charge is -2.55. The highest BCUT2D eigenvalue weighted by Crippen LogP contribution is 2.62. The first-order chi connectivity index (χ1) is 10.3. The van der Waals surface area contributed by atoms with Gasteiger partial charge < -0.3 is 5.11 Å². The van der Waals surface area contributed by atoms with Gasteiger partial charge in [-0.3, -0.25) is 4.79 Å². The Morgan fingerprint density at radius 2 is 1.73 bits per heavy atom. The van der Waals surface area contributed by atoms with Crippen LogP contribution >= 0.6 is 0 Å². The first-order valence-electron chi connectivity index (χ1n) is 9.58. The van der Waals surface area contributed by atoms with Gasteiger partial charge in [-0.2, -0.15) is 0 Å². The first-order valence-corrected chi connectivity index (χ1v) is 9.58. The zero-order chi connectivity index (χ0) is 15.7. The largest absolute Gasteiger partial charge is 0.390 e. The van der Waals surface area contributed by atoms with Crippen LogP contribution in [0.25, 0.3) is 0 Å². The van der Waals surface area contributed by atoms with E-state index in [1.807, 2.05) is 6.92 Å². The van der Waals surface area contributed by atoms with Crippen LogP contribution in [0.3, 0.4) is 0 Å². The Balaban J connectivity index is 1.58. The summed E-state index contributed by atoms with van der Waals surface area (Å²) in [5.74, 6) is 4.70. The third-order valence-corrected chi connectivity index (χ3v) is 8.24. The minimum absolute atomic E-state index is 0.00637. The van der Waals surface area contributed by atoms with Gasteiger partial charge in [-0.05, 0) is 87.9 Å². The third-order valence-electron chi connectivity index (χ3n) is 8.24. The summed E-state index contributed by atoms with van der Waals surface area (Å²) < 4.78 is 0. The molecule has 0 bridgehead atoms. The molecule has 0 aromatic heterocycles. The minimum Gasteiger partial charge on any atom is -0.390 e. The summed E-state index contributed by atoms with van der Waals surface area (Å²) in [4.78, 5) is 12.7. The minimum atomic E-state index is -0.422. The Morgan fingerprint density at radius 1 is 1.00 bits per heavy atom. The molecule has 0 unspecified atom stereocenters. The summed E-state index contributed by atoms with van der Waals surface area (Å²) in [6, 6.07) is 0. The monoisotopic (exact) mass is 304 g/mol. The van der Waals surface area contributed by atoms with Crippen molar-refractivity contribution >= 4 is 5.78 Å². The Labute approximate surface area is 135 Å². The van der Waals surface area contributed by atoms with Gasteiger partial charge in [-0.25, -0.2) is 0 Å².